The molecule has 1 aromatic carbocycles. The lowest BCUT2D eigenvalue weighted by molar-refractivity contribution is -0.124. The quantitative estimate of drug-likeness (QED) is 0.908. The second-order valence-corrected chi connectivity index (χ2v) is 5.28. The number of aryl methyl sites for hydroxylation is 1. The Morgan fingerprint density at radius 1 is 1.55 bits per heavy atom. The van der Waals surface area contributed by atoms with Gasteiger partial charge in [-0.05, 0) is 31.0 Å². The van der Waals surface area contributed by atoms with Crippen LogP contribution in [0.15, 0.2) is 18.2 Å². The molecule has 1 atom stereocenters. The first-order chi connectivity index (χ1) is 9.54. The van der Waals surface area contributed by atoms with Crippen LogP contribution in [0.25, 0.3) is 0 Å². The molecule has 0 aliphatic carbocycles. The zero-order chi connectivity index (χ0) is 14.5. The van der Waals surface area contributed by atoms with E-state index < -0.39 is 0 Å². The predicted octanol–water partition coefficient (Wildman–Crippen LogP) is 1.47. The molecule has 0 aromatic heterocycles. The standard InChI is InChI=1S/C15H21FN2O2/c1-11-7-13(3-4-14(11)16)8-17-15(19)10-18-5-6-20-12(2)9-18/h3-4,7,12H,5-6,8-10H2,1-2H3,(H,17,19). The molecular weight excluding hydrogens is 259 g/mol. The second kappa shape index (κ2) is 6.81. The maximum absolute atomic E-state index is 13.1. The van der Waals surface area contributed by atoms with Crippen LogP contribution >= 0.6 is 0 Å². The minimum Gasteiger partial charge on any atom is -0.376 e. The third-order valence-electron chi connectivity index (χ3n) is 3.40. The minimum absolute atomic E-state index is 0.0129. The molecule has 1 heterocycles. The summed E-state index contributed by atoms with van der Waals surface area (Å²) in [6, 6.07) is 4.88. The minimum atomic E-state index is -0.220. The topological polar surface area (TPSA) is 41.6 Å². The Bertz CT molecular complexity index is 479. The highest BCUT2D eigenvalue weighted by atomic mass is 19.1. The highest BCUT2D eigenvalue weighted by molar-refractivity contribution is 5.78. The average Bonchev–Trinajstić information content (AvgIpc) is 2.40. The lowest BCUT2D eigenvalue weighted by atomic mass is 10.1. The molecule has 5 heteroatoms. The molecule has 4 nitrogen and oxygen atoms in total. The van der Waals surface area contributed by atoms with E-state index in [0.29, 0.717) is 25.3 Å². The van der Waals surface area contributed by atoms with Crippen LogP contribution in [0, 0.1) is 12.7 Å². The van der Waals surface area contributed by atoms with Crippen molar-refractivity contribution in [1.82, 2.24) is 10.2 Å². The number of carbonyl (C=O) groups excluding carboxylic acids is 1. The molecule has 1 aliphatic rings. The second-order valence-electron chi connectivity index (χ2n) is 5.28. The Hall–Kier alpha value is -1.46. The molecule has 1 fully saturated rings. The summed E-state index contributed by atoms with van der Waals surface area (Å²) in [4.78, 5) is 14.0. The summed E-state index contributed by atoms with van der Waals surface area (Å²) in [5.74, 6) is -0.233. The molecule has 20 heavy (non-hydrogen) atoms. The van der Waals surface area contributed by atoms with Gasteiger partial charge in [0.25, 0.3) is 0 Å². The molecule has 1 unspecified atom stereocenters. The molecule has 1 saturated heterocycles. The molecule has 0 bridgehead atoms. The number of hydrogen-bond donors (Lipinski definition) is 1. The zero-order valence-electron chi connectivity index (χ0n) is 12.0. The van der Waals surface area contributed by atoms with Gasteiger partial charge in [0.1, 0.15) is 5.82 Å². The number of benzene rings is 1. The molecule has 110 valence electrons. The average molecular weight is 280 g/mol. The fourth-order valence-electron chi connectivity index (χ4n) is 2.31. The van der Waals surface area contributed by atoms with Crippen molar-refractivity contribution >= 4 is 5.91 Å². The lowest BCUT2D eigenvalue weighted by Crippen LogP contribution is -2.45. The number of ether oxygens (including phenoxy) is 1. The number of nitrogens with one attached hydrogen (secondary N) is 1. The van der Waals surface area contributed by atoms with Gasteiger partial charge in [0, 0.05) is 19.6 Å². The normalized spacial score (nSPS) is 19.9. The summed E-state index contributed by atoms with van der Waals surface area (Å²) >= 11 is 0. The van der Waals surface area contributed by atoms with Crippen molar-refractivity contribution in [2.45, 2.75) is 26.5 Å². The van der Waals surface area contributed by atoms with Crippen molar-refractivity contribution in [2.24, 2.45) is 0 Å². The first-order valence-electron chi connectivity index (χ1n) is 6.90. The summed E-state index contributed by atoms with van der Waals surface area (Å²) in [7, 11) is 0. The number of rotatable bonds is 4. The van der Waals surface area contributed by atoms with Gasteiger partial charge in [0.05, 0.1) is 19.3 Å². The van der Waals surface area contributed by atoms with E-state index in [9.17, 15) is 9.18 Å². The summed E-state index contributed by atoms with van der Waals surface area (Å²) < 4.78 is 18.6. The number of hydrogen-bond acceptors (Lipinski definition) is 3. The van der Waals surface area contributed by atoms with E-state index in [1.807, 2.05) is 6.92 Å². The zero-order valence-corrected chi connectivity index (χ0v) is 12.0. The number of amides is 1. The van der Waals surface area contributed by atoms with E-state index in [-0.39, 0.29) is 17.8 Å². The molecular formula is C15H21FN2O2. The predicted molar refractivity (Wildman–Crippen MR) is 74.8 cm³/mol. The van der Waals surface area contributed by atoms with Gasteiger partial charge in [-0.1, -0.05) is 12.1 Å². The molecule has 2 rings (SSSR count). The fraction of sp³-hybridized carbons (Fsp3) is 0.533. The van der Waals surface area contributed by atoms with Crippen LogP contribution in [0.3, 0.4) is 0 Å². The Kier molecular flexibility index (Phi) is 5.09. The summed E-state index contributed by atoms with van der Waals surface area (Å²) in [6.45, 7) is 6.77. The van der Waals surface area contributed by atoms with Gasteiger partial charge in [0.15, 0.2) is 0 Å². The molecule has 0 saturated carbocycles. The van der Waals surface area contributed by atoms with E-state index in [4.69, 9.17) is 4.74 Å². The van der Waals surface area contributed by atoms with E-state index >= 15 is 0 Å². The van der Waals surface area contributed by atoms with Crippen molar-refractivity contribution in [2.75, 3.05) is 26.2 Å². The van der Waals surface area contributed by atoms with Crippen LogP contribution in [-0.2, 0) is 16.1 Å². The molecule has 1 aromatic rings. The van der Waals surface area contributed by atoms with Gasteiger partial charge in [-0.15, -0.1) is 0 Å². The molecule has 1 N–H and O–H groups in total. The first-order valence-corrected chi connectivity index (χ1v) is 6.90. The Labute approximate surface area is 118 Å². The van der Waals surface area contributed by atoms with E-state index in [0.717, 1.165) is 18.7 Å². The number of morpholine rings is 1. The van der Waals surface area contributed by atoms with E-state index in [2.05, 4.69) is 10.2 Å². The van der Waals surface area contributed by atoms with Gasteiger partial charge >= 0.3 is 0 Å². The Morgan fingerprint density at radius 3 is 3.05 bits per heavy atom. The van der Waals surface area contributed by atoms with Crippen LogP contribution in [0.5, 0.6) is 0 Å². The van der Waals surface area contributed by atoms with Crippen molar-refractivity contribution in [3.63, 3.8) is 0 Å². The van der Waals surface area contributed by atoms with Gasteiger partial charge in [-0.2, -0.15) is 0 Å². The van der Waals surface area contributed by atoms with E-state index in [1.54, 1.807) is 19.1 Å². The third kappa shape index (κ3) is 4.28. The van der Waals surface area contributed by atoms with Crippen LogP contribution < -0.4 is 5.32 Å². The van der Waals surface area contributed by atoms with Gasteiger partial charge in [0.2, 0.25) is 5.91 Å². The molecule has 1 aliphatic heterocycles. The molecule has 0 spiro atoms. The summed E-state index contributed by atoms with van der Waals surface area (Å²) in [5.41, 5.74) is 1.51. The van der Waals surface area contributed by atoms with Crippen molar-refractivity contribution < 1.29 is 13.9 Å². The molecule has 0 radical (unpaired) electrons. The van der Waals surface area contributed by atoms with Crippen LogP contribution in [0.1, 0.15) is 18.1 Å². The van der Waals surface area contributed by atoms with Crippen molar-refractivity contribution in [1.29, 1.82) is 0 Å². The van der Waals surface area contributed by atoms with Gasteiger partial charge < -0.3 is 10.1 Å². The van der Waals surface area contributed by atoms with Crippen LogP contribution in [0.4, 0.5) is 4.39 Å². The SMILES string of the molecule is Cc1cc(CNC(=O)CN2CCOC(C)C2)ccc1F. The maximum atomic E-state index is 13.1. The highest BCUT2D eigenvalue weighted by Crippen LogP contribution is 2.09. The molecule has 1 amide bonds. The summed E-state index contributed by atoms with van der Waals surface area (Å²) in [5, 5.41) is 2.86. The largest absolute Gasteiger partial charge is 0.376 e. The Balaban J connectivity index is 1.78. The number of carbonyl (C=O) groups is 1. The van der Waals surface area contributed by atoms with Crippen LogP contribution in [0.2, 0.25) is 0 Å². The van der Waals surface area contributed by atoms with Crippen molar-refractivity contribution in [3.8, 4) is 0 Å². The lowest BCUT2D eigenvalue weighted by Gasteiger charge is -2.30. The van der Waals surface area contributed by atoms with Crippen molar-refractivity contribution in [3.05, 3.63) is 35.1 Å². The number of nitrogens with zero attached hydrogens (tertiary/aromatic N) is 1. The highest BCUT2D eigenvalue weighted by Gasteiger charge is 2.18. The van der Waals surface area contributed by atoms with Crippen LogP contribution in [-0.4, -0.2) is 43.2 Å². The third-order valence-corrected chi connectivity index (χ3v) is 3.40. The first kappa shape index (κ1) is 14.9. The monoisotopic (exact) mass is 280 g/mol. The smallest absolute Gasteiger partial charge is 0.234 e. The van der Waals surface area contributed by atoms with E-state index in [1.165, 1.54) is 6.07 Å². The van der Waals surface area contributed by atoms with Gasteiger partial charge in [-0.3, -0.25) is 9.69 Å². The maximum Gasteiger partial charge on any atom is 0.234 e. The fourth-order valence-corrected chi connectivity index (χ4v) is 2.31. The van der Waals surface area contributed by atoms with Gasteiger partial charge in [-0.25, -0.2) is 4.39 Å². The Morgan fingerprint density at radius 2 is 2.35 bits per heavy atom. The summed E-state index contributed by atoms with van der Waals surface area (Å²) in [6.07, 6.45) is 0.177. The number of halogens is 1.